The topological polar surface area (TPSA) is 47.5 Å². The molecule has 0 unspecified atom stereocenters. The minimum Gasteiger partial charge on any atom is -0.473 e. The molecule has 25 heavy (non-hydrogen) atoms. The SMILES string of the molecule is FC(F)CN1CCC=C(c2nsnc2OCCOCCC(F)(F)F)C1. The van der Waals surface area contributed by atoms with Crippen LogP contribution in [0.4, 0.5) is 22.0 Å². The van der Waals surface area contributed by atoms with Gasteiger partial charge in [-0.1, -0.05) is 6.08 Å². The molecule has 0 aliphatic carbocycles. The highest BCUT2D eigenvalue weighted by molar-refractivity contribution is 6.99. The highest BCUT2D eigenvalue weighted by atomic mass is 32.1. The summed E-state index contributed by atoms with van der Waals surface area (Å²) >= 11 is 0.925. The standard InChI is InChI=1S/C14H18F5N3O2S/c15-11(16)9-22-4-1-2-10(8-22)12-13(21-25-20-12)24-7-6-23-5-3-14(17,18)19/h2,11H,1,3-9H2. The largest absolute Gasteiger partial charge is 0.473 e. The molecule has 2 heterocycles. The van der Waals surface area contributed by atoms with Crippen LogP contribution in [-0.4, -0.2) is 65.7 Å². The third kappa shape index (κ3) is 7.20. The summed E-state index contributed by atoms with van der Waals surface area (Å²) in [5.41, 5.74) is 1.24. The Morgan fingerprint density at radius 1 is 1.20 bits per heavy atom. The van der Waals surface area contributed by atoms with E-state index in [2.05, 4.69) is 8.75 Å². The summed E-state index contributed by atoms with van der Waals surface area (Å²) < 4.78 is 79.3. The molecule has 11 heteroatoms. The average Bonchev–Trinajstić information content (AvgIpc) is 2.98. The molecular formula is C14H18F5N3O2S. The van der Waals surface area contributed by atoms with Crippen molar-refractivity contribution in [3.63, 3.8) is 0 Å². The van der Waals surface area contributed by atoms with Crippen LogP contribution in [0.2, 0.25) is 0 Å². The van der Waals surface area contributed by atoms with Crippen molar-refractivity contribution in [1.29, 1.82) is 0 Å². The van der Waals surface area contributed by atoms with E-state index in [4.69, 9.17) is 9.47 Å². The van der Waals surface area contributed by atoms with Gasteiger partial charge in [0.05, 0.1) is 37.9 Å². The number of nitrogens with zero attached hydrogens (tertiary/aromatic N) is 3. The second kappa shape index (κ2) is 9.39. The second-order valence-corrected chi connectivity index (χ2v) is 5.92. The first-order chi connectivity index (χ1) is 11.8. The molecule has 1 aliphatic heterocycles. The Morgan fingerprint density at radius 3 is 2.72 bits per heavy atom. The van der Waals surface area contributed by atoms with E-state index in [1.54, 1.807) is 4.90 Å². The molecular weight excluding hydrogens is 369 g/mol. The van der Waals surface area contributed by atoms with E-state index in [0.29, 0.717) is 25.2 Å². The molecule has 0 saturated heterocycles. The Labute approximate surface area is 145 Å². The number of halogens is 5. The Hall–Kier alpha value is -1.33. The Balaban J connectivity index is 1.79. The Morgan fingerprint density at radius 2 is 2.00 bits per heavy atom. The summed E-state index contributed by atoms with van der Waals surface area (Å²) in [6.07, 6.45) is -5.13. The van der Waals surface area contributed by atoms with Gasteiger partial charge in [0.15, 0.2) is 0 Å². The van der Waals surface area contributed by atoms with Crippen LogP contribution in [-0.2, 0) is 4.74 Å². The maximum Gasteiger partial charge on any atom is 0.391 e. The van der Waals surface area contributed by atoms with E-state index in [1.165, 1.54) is 0 Å². The summed E-state index contributed by atoms with van der Waals surface area (Å²) in [6.45, 7) is 0.164. The van der Waals surface area contributed by atoms with Gasteiger partial charge >= 0.3 is 6.18 Å². The van der Waals surface area contributed by atoms with E-state index >= 15 is 0 Å². The lowest BCUT2D eigenvalue weighted by molar-refractivity contribution is -0.145. The lowest BCUT2D eigenvalue weighted by Gasteiger charge is -2.26. The van der Waals surface area contributed by atoms with Gasteiger partial charge < -0.3 is 9.47 Å². The number of rotatable bonds is 9. The zero-order valence-corrected chi connectivity index (χ0v) is 14.1. The molecule has 0 saturated carbocycles. The lowest BCUT2D eigenvalue weighted by Crippen LogP contribution is -2.33. The van der Waals surface area contributed by atoms with Crippen LogP contribution in [0.1, 0.15) is 18.5 Å². The molecule has 0 atom stereocenters. The molecule has 142 valence electrons. The van der Waals surface area contributed by atoms with E-state index in [1.807, 2.05) is 6.08 Å². The van der Waals surface area contributed by atoms with Crippen molar-refractivity contribution in [2.24, 2.45) is 0 Å². The fraction of sp³-hybridized carbons (Fsp3) is 0.714. The van der Waals surface area contributed by atoms with Crippen LogP contribution in [0, 0.1) is 0 Å². The summed E-state index contributed by atoms with van der Waals surface area (Å²) in [5.74, 6) is 0.245. The van der Waals surface area contributed by atoms with Crippen LogP contribution < -0.4 is 4.74 Å². The molecule has 0 fully saturated rings. The van der Waals surface area contributed by atoms with Crippen molar-refractivity contribution in [2.45, 2.75) is 25.4 Å². The summed E-state index contributed by atoms with van der Waals surface area (Å²) in [5, 5.41) is 0. The molecule has 0 amide bonds. The lowest BCUT2D eigenvalue weighted by atomic mass is 10.1. The summed E-state index contributed by atoms with van der Waals surface area (Å²) in [4.78, 5) is 1.63. The first-order valence-corrected chi connectivity index (χ1v) is 8.38. The van der Waals surface area contributed by atoms with Crippen molar-refractivity contribution < 1.29 is 31.4 Å². The van der Waals surface area contributed by atoms with Gasteiger partial charge in [0.25, 0.3) is 12.3 Å². The minimum atomic E-state index is -4.25. The van der Waals surface area contributed by atoms with Crippen LogP contribution in [0.25, 0.3) is 5.57 Å². The molecule has 1 aliphatic rings. The van der Waals surface area contributed by atoms with Crippen LogP contribution in [0.15, 0.2) is 6.08 Å². The van der Waals surface area contributed by atoms with Crippen LogP contribution in [0.5, 0.6) is 5.88 Å². The second-order valence-electron chi connectivity index (χ2n) is 5.39. The van der Waals surface area contributed by atoms with Gasteiger partial charge in [-0.2, -0.15) is 17.5 Å². The van der Waals surface area contributed by atoms with Gasteiger partial charge in [0.1, 0.15) is 12.3 Å². The molecule has 1 aromatic rings. The van der Waals surface area contributed by atoms with Crippen molar-refractivity contribution in [3.8, 4) is 5.88 Å². The van der Waals surface area contributed by atoms with Crippen LogP contribution >= 0.6 is 11.7 Å². The fourth-order valence-electron chi connectivity index (χ4n) is 2.29. The number of ether oxygens (including phenoxy) is 2. The smallest absolute Gasteiger partial charge is 0.391 e. The number of aromatic nitrogens is 2. The summed E-state index contributed by atoms with van der Waals surface area (Å²) in [7, 11) is 0. The maximum absolute atomic E-state index is 12.5. The van der Waals surface area contributed by atoms with E-state index in [9.17, 15) is 22.0 Å². The average molecular weight is 387 g/mol. The van der Waals surface area contributed by atoms with E-state index in [0.717, 1.165) is 17.3 Å². The first-order valence-electron chi connectivity index (χ1n) is 7.65. The third-order valence-corrected chi connectivity index (χ3v) is 3.90. The van der Waals surface area contributed by atoms with Gasteiger partial charge in [-0.3, -0.25) is 4.90 Å². The summed E-state index contributed by atoms with van der Waals surface area (Å²) in [6, 6.07) is 0. The van der Waals surface area contributed by atoms with Crippen molar-refractivity contribution >= 4 is 17.3 Å². The molecule has 0 radical (unpaired) electrons. The molecule has 0 aromatic carbocycles. The first kappa shape index (κ1) is 20.0. The molecule has 1 aromatic heterocycles. The van der Waals surface area contributed by atoms with Gasteiger partial charge in [0.2, 0.25) is 0 Å². The molecule has 0 spiro atoms. The van der Waals surface area contributed by atoms with E-state index in [-0.39, 0.29) is 25.6 Å². The monoisotopic (exact) mass is 387 g/mol. The normalized spacial score (nSPS) is 16.3. The number of hydrogen-bond acceptors (Lipinski definition) is 6. The molecule has 5 nitrogen and oxygen atoms in total. The van der Waals surface area contributed by atoms with Gasteiger partial charge in [-0.05, 0) is 12.0 Å². The minimum absolute atomic E-state index is 0.0103. The van der Waals surface area contributed by atoms with E-state index < -0.39 is 25.6 Å². The number of alkyl halides is 5. The predicted molar refractivity (Wildman–Crippen MR) is 81.9 cm³/mol. The van der Waals surface area contributed by atoms with Gasteiger partial charge in [-0.25, -0.2) is 8.78 Å². The Kier molecular flexibility index (Phi) is 7.51. The third-order valence-electron chi connectivity index (χ3n) is 3.39. The molecule has 0 N–H and O–H groups in total. The zero-order chi connectivity index (χ0) is 18.3. The fourth-order valence-corrected chi connectivity index (χ4v) is 2.82. The Bertz CT molecular complexity index is 565. The van der Waals surface area contributed by atoms with Crippen molar-refractivity contribution in [3.05, 3.63) is 11.8 Å². The van der Waals surface area contributed by atoms with Crippen LogP contribution in [0.3, 0.4) is 0 Å². The van der Waals surface area contributed by atoms with Crippen molar-refractivity contribution in [2.75, 3.05) is 39.5 Å². The predicted octanol–water partition coefficient (Wildman–Crippen LogP) is 3.24. The number of hydrogen-bond donors (Lipinski definition) is 0. The van der Waals surface area contributed by atoms with Crippen molar-refractivity contribution in [1.82, 2.24) is 13.6 Å². The highest BCUT2D eigenvalue weighted by Gasteiger charge is 2.26. The quantitative estimate of drug-likeness (QED) is 0.481. The highest BCUT2D eigenvalue weighted by Crippen LogP contribution is 2.27. The molecule has 2 rings (SSSR count). The van der Waals surface area contributed by atoms with Gasteiger partial charge in [0, 0.05) is 13.1 Å². The maximum atomic E-state index is 12.5. The van der Waals surface area contributed by atoms with Gasteiger partial charge in [-0.15, -0.1) is 4.37 Å². The molecule has 0 bridgehead atoms. The zero-order valence-electron chi connectivity index (χ0n) is 13.3.